The first kappa shape index (κ1) is 44.3. The molecule has 0 rings (SSSR count). The number of nitrogens with one attached hydrogen (secondary N) is 2. The number of carbonyl (C=O) groups is 6. The Morgan fingerprint density at radius 2 is 1.15 bits per heavy atom. The van der Waals surface area contributed by atoms with Crippen molar-refractivity contribution in [1.82, 2.24) is 10.6 Å². The van der Waals surface area contributed by atoms with E-state index in [0.717, 1.165) is 64.2 Å². The SMILES string of the molecule is CCOCCCCC(=O)[C@H](CCCCNC(=O)CCCCCCC(=O)CCCCCN)NC(=O)CCC(=O)CCCCCCC(=O)O. The lowest BCUT2D eigenvalue weighted by atomic mass is 10.00. The van der Waals surface area contributed by atoms with Crippen LogP contribution in [0, 0.1) is 0 Å². The summed E-state index contributed by atoms with van der Waals surface area (Å²) in [6.45, 7) is 4.33. The van der Waals surface area contributed by atoms with Crippen molar-refractivity contribution in [3.05, 3.63) is 0 Å². The highest BCUT2D eigenvalue weighted by Gasteiger charge is 2.20. The molecule has 0 fully saturated rings. The molecule has 5 N–H and O–H groups in total. The van der Waals surface area contributed by atoms with E-state index in [1.807, 2.05) is 6.92 Å². The minimum absolute atomic E-state index is 0.00105. The van der Waals surface area contributed by atoms with Gasteiger partial charge < -0.3 is 26.2 Å². The third-order valence-corrected chi connectivity index (χ3v) is 8.13. The maximum Gasteiger partial charge on any atom is 0.303 e. The molecule has 2 amide bonds. The molecule has 0 aliphatic heterocycles. The van der Waals surface area contributed by atoms with Crippen molar-refractivity contribution in [1.29, 1.82) is 0 Å². The van der Waals surface area contributed by atoms with Gasteiger partial charge >= 0.3 is 5.97 Å². The number of carboxylic acids is 1. The fourth-order valence-electron chi connectivity index (χ4n) is 5.25. The third-order valence-electron chi connectivity index (χ3n) is 8.13. The molecule has 0 spiro atoms. The Morgan fingerprint density at radius 3 is 1.74 bits per heavy atom. The lowest BCUT2D eigenvalue weighted by molar-refractivity contribution is -0.137. The average Bonchev–Trinajstić information content (AvgIpc) is 3.04. The van der Waals surface area contributed by atoms with Gasteiger partial charge in [0.05, 0.1) is 6.04 Å². The quantitative estimate of drug-likeness (QED) is 0.0613. The molecule has 0 heterocycles. The van der Waals surface area contributed by atoms with Crippen LogP contribution in [-0.2, 0) is 33.5 Å². The molecule has 1 atom stereocenters. The zero-order valence-corrected chi connectivity index (χ0v) is 29.3. The second-order valence-corrected chi connectivity index (χ2v) is 12.5. The molecule has 0 saturated heterocycles. The molecule has 0 saturated carbocycles. The Kier molecular flexibility index (Phi) is 30.1. The van der Waals surface area contributed by atoms with Gasteiger partial charge in [-0.15, -0.1) is 0 Å². The van der Waals surface area contributed by atoms with E-state index in [1.54, 1.807) is 0 Å². The van der Waals surface area contributed by atoms with Crippen LogP contribution in [0.3, 0.4) is 0 Å². The van der Waals surface area contributed by atoms with Crippen LogP contribution in [0.25, 0.3) is 0 Å². The Labute approximate surface area is 283 Å². The van der Waals surface area contributed by atoms with Crippen LogP contribution in [-0.4, -0.2) is 72.6 Å². The summed E-state index contributed by atoms with van der Waals surface area (Å²) in [5.74, 6) is -0.845. The van der Waals surface area contributed by atoms with Crippen molar-refractivity contribution in [2.75, 3.05) is 26.3 Å². The largest absolute Gasteiger partial charge is 0.481 e. The highest BCUT2D eigenvalue weighted by atomic mass is 16.5. The summed E-state index contributed by atoms with van der Waals surface area (Å²) in [5.41, 5.74) is 5.47. The lowest BCUT2D eigenvalue weighted by Crippen LogP contribution is -2.41. The van der Waals surface area contributed by atoms with Crippen molar-refractivity contribution >= 4 is 35.1 Å². The van der Waals surface area contributed by atoms with Crippen LogP contribution in [0.5, 0.6) is 0 Å². The summed E-state index contributed by atoms with van der Waals surface area (Å²) in [6.07, 6.45) is 15.2. The van der Waals surface area contributed by atoms with E-state index in [1.165, 1.54) is 0 Å². The summed E-state index contributed by atoms with van der Waals surface area (Å²) in [7, 11) is 0. The molecule has 0 aromatic rings. The maximum atomic E-state index is 12.9. The van der Waals surface area contributed by atoms with Gasteiger partial charge in [0.2, 0.25) is 11.8 Å². The second kappa shape index (κ2) is 31.9. The molecular formula is C36H65N3O8. The van der Waals surface area contributed by atoms with E-state index < -0.39 is 12.0 Å². The molecule has 0 aliphatic carbocycles. The van der Waals surface area contributed by atoms with Crippen molar-refractivity contribution in [3.8, 4) is 0 Å². The fraction of sp³-hybridized carbons (Fsp3) is 0.833. The molecule has 0 bridgehead atoms. The molecule has 47 heavy (non-hydrogen) atoms. The van der Waals surface area contributed by atoms with Crippen LogP contribution in [0.2, 0.25) is 0 Å². The van der Waals surface area contributed by atoms with Crippen molar-refractivity contribution in [2.45, 2.75) is 167 Å². The standard InChI is InChI=1S/C36H65N3O8/c1-2-47-29-17-14-22-33(42)32(39-35(44)26-25-31(41)20-9-4-6-12-24-36(45)46)21-13-16-28-38-34(43)23-11-5-3-8-18-30(40)19-10-7-15-27-37/h32H,2-29,37H2,1H3,(H,38,43)(H,39,44)(H,45,46)/t32-/m0/s1. The van der Waals surface area contributed by atoms with Gasteiger partial charge in [0.15, 0.2) is 5.78 Å². The number of aliphatic carboxylic acids is 1. The summed E-state index contributed by atoms with van der Waals surface area (Å²) in [6, 6.07) is -0.618. The normalized spacial score (nSPS) is 11.6. The van der Waals surface area contributed by atoms with Gasteiger partial charge in [0, 0.05) is 71.1 Å². The molecule has 272 valence electrons. The number of amides is 2. The summed E-state index contributed by atoms with van der Waals surface area (Å²) < 4.78 is 5.34. The van der Waals surface area contributed by atoms with Crippen molar-refractivity contribution < 1.29 is 38.6 Å². The fourth-order valence-corrected chi connectivity index (χ4v) is 5.25. The molecule has 11 heteroatoms. The van der Waals surface area contributed by atoms with E-state index >= 15 is 0 Å². The molecule has 0 aromatic heterocycles. The van der Waals surface area contributed by atoms with Gasteiger partial charge in [0.1, 0.15) is 11.6 Å². The maximum absolute atomic E-state index is 12.9. The number of carboxylic acid groups (broad SMARTS) is 1. The number of ether oxygens (including phenoxy) is 1. The number of carbonyl (C=O) groups excluding carboxylic acids is 5. The number of nitrogens with two attached hydrogens (primary N) is 1. The number of hydrogen-bond acceptors (Lipinski definition) is 8. The first-order valence-electron chi connectivity index (χ1n) is 18.3. The molecule has 0 unspecified atom stereocenters. The lowest BCUT2D eigenvalue weighted by Gasteiger charge is -2.18. The van der Waals surface area contributed by atoms with Gasteiger partial charge in [-0.25, -0.2) is 0 Å². The first-order chi connectivity index (χ1) is 22.7. The summed E-state index contributed by atoms with van der Waals surface area (Å²) in [5, 5.41) is 14.5. The highest BCUT2D eigenvalue weighted by Crippen LogP contribution is 2.12. The van der Waals surface area contributed by atoms with E-state index in [-0.39, 0.29) is 42.6 Å². The predicted molar refractivity (Wildman–Crippen MR) is 184 cm³/mol. The Hall–Kier alpha value is -2.66. The van der Waals surface area contributed by atoms with Crippen LogP contribution in [0.1, 0.15) is 161 Å². The molecular weight excluding hydrogens is 602 g/mol. The van der Waals surface area contributed by atoms with Gasteiger partial charge in [-0.1, -0.05) is 32.1 Å². The zero-order chi connectivity index (χ0) is 35.0. The Bertz CT molecular complexity index is 880. The zero-order valence-electron chi connectivity index (χ0n) is 29.3. The predicted octanol–water partition coefficient (Wildman–Crippen LogP) is 5.74. The monoisotopic (exact) mass is 667 g/mol. The minimum Gasteiger partial charge on any atom is -0.481 e. The topological polar surface area (TPSA) is 182 Å². The van der Waals surface area contributed by atoms with Gasteiger partial charge in [-0.05, 0) is 84.1 Å². The molecule has 0 aromatic carbocycles. The van der Waals surface area contributed by atoms with Crippen LogP contribution < -0.4 is 16.4 Å². The van der Waals surface area contributed by atoms with E-state index in [4.69, 9.17) is 15.6 Å². The van der Waals surface area contributed by atoms with E-state index in [9.17, 15) is 28.8 Å². The van der Waals surface area contributed by atoms with Crippen LogP contribution in [0.4, 0.5) is 0 Å². The molecule has 0 aliphatic rings. The molecule has 0 radical (unpaired) electrons. The number of unbranched alkanes of at least 4 members (excludes halogenated alkanes) is 10. The van der Waals surface area contributed by atoms with E-state index in [0.29, 0.717) is 103 Å². The van der Waals surface area contributed by atoms with Crippen LogP contribution >= 0.6 is 0 Å². The average molecular weight is 668 g/mol. The number of rotatable bonds is 35. The Balaban J connectivity index is 4.31. The van der Waals surface area contributed by atoms with Crippen molar-refractivity contribution in [3.63, 3.8) is 0 Å². The van der Waals surface area contributed by atoms with Crippen molar-refractivity contribution in [2.24, 2.45) is 5.73 Å². The number of hydrogen-bond donors (Lipinski definition) is 4. The molecule has 11 nitrogen and oxygen atoms in total. The highest BCUT2D eigenvalue weighted by molar-refractivity contribution is 5.90. The number of Topliss-reactive ketones (excluding diaryl/α,β-unsaturated/α-hetero) is 3. The summed E-state index contributed by atoms with van der Waals surface area (Å²) >= 11 is 0. The van der Waals surface area contributed by atoms with Gasteiger partial charge in [-0.2, -0.15) is 0 Å². The summed E-state index contributed by atoms with van der Waals surface area (Å²) in [4.78, 5) is 72.5. The third kappa shape index (κ3) is 30.4. The second-order valence-electron chi connectivity index (χ2n) is 12.5. The number of ketones is 3. The smallest absolute Gasteiger partial charge is 0.303 e. The Morgan fingerprint density at radius 1 is 0.596 bits per heavy atom. The van der Waals surface area contributed by atoms with Gasteiger partial charge in [-0.3, -0.25) is 28.8 Å². The van der Waals surface area contributed by atoms with E-state index in [2.05, 4.69) is 10.6 Å². The first-order valence-corrected chi connectivity index (χ1v) is 18.3. The van der Waals surface area contributed by atoms with Crippen LogP contribution in [0.15, 0.2) is 0 Å². The minimum atomic E-state index is -0.814. The van der Waals surface area contributed by atoms with Gasteiger partial charge in [0.25, 0.3) is 0 Å².